The van der Waals surface area contributed by atoms with Crippen molar-refractivity contribution in [3.63, 3.8) is 0 Å². The zero-order valence-corrected chi connectivity index (χ0v) is 61.3. The lowest BCUT2D eigenvalue weighted by Crippen LogP contribution is -2.69. The Morgan fingerprint density at radius 2 is 0.778 bits per heavy atom. The molecule has 12 rings (SSSR count). The van der Waals surface area contributed by atoms with Crippen LogP contribution in [0.1, 0.15) is 87.3 Å². The van der Waals surface area contributed by atoms with Crippen LogP contribution in [0.2, 0.25) is 15.1 Å². The SMILES string of the molecule is CC(=O)OC1C(Oc2c(-c3ccc(O[Si](c4ccccc4)(c4ccccc4)C(C)(C)C)cc3)oc3cc(O[Si](c4ccccc4)(c4ccccc4)C(C)(C)C)cc(O[Si](c4ccccc4)(c4ccccc4)C(C)(C)C)c3c2=O)OC(C)C(OCc2ccccc2)C1OCc1ccccc1. The van der Waals surface area contributed by atoms with Gasteiger partial charge in [-0.3, -0.25) is 9.59 Å². The second kappa shape index (κ2) is 29.2. The number of fused-ring (bicyclic) bond motifs is 1. The lowest BCUT2D eigenvalue weighted by molar-refractivity contribution is -0.292. The first-order valence-electron chi connectivity index (χ1n) is 34.1. The summed E-state index contributed by atoms with van der Waals surface area (Å²) in [5.41, 5.74) is 1.87. The van der Waals surface area contributed by atoms with E-state index in [0.29, 0.717) is 17.1 Å². The summed E-state index contributed by atoms with van der Waals surface area (Å²) in [5, 5.41) is 4.96. The van der Waals surface area contributed by atoms with Crippen molar-refractivity contribution >= 4 is 73.0 Å². The van der Waals surface area contributed by atoms with Crippen molar-refractivity contribution in [3.05, 3.63) is 300 Å². The maximum atomic E-state index is 17.1. The summed E-state index contributed by atoms with van der Waals surface area (Å²) < 4.78 is 65.4. The number of hydrogen-bond donors (Lipinski definition) is 0. The number of carbonyl (C=O) groups excluding carboxylic acids is 1. The Morgan fingerprint density at radius 3 is 1.15 bits per heavy atom. The monoisotopic (exact) mass is 1370 g/mol. The van der Waals surface area contributed by atoms with E-state index in [1.54, 1.807) is 0 Å². The molecule has 0 bridgehead atoms. The quantitative estimate of drug-likeness (QED) is 0.0476. The van der Waals surface area contributed by atoms with Crippen molar-refractivity contribution in [2.75, 3.05) is 0 Å². The zero-order valence-electron chi connectivity index (χ0n) is 58.3. The molecule has 0 N–H and O–H groups in total. The molecule has 2 heterocycles. The molecule has 99 heavy (non-hydrogen) atoms. The van der Waals surface area contributed by atoms with Gasteiger partial charge in [0, 0.05) is 24.6 Å². The number of rotatable bonds is 22. The molecular weight excluding hydrogens is 1280 g/mol. The summed E-state index contributed by atoms with van der Waals surface area (Å²) >= 11 is 0. The second-order valence-corrected chi connectivity index (χ2v) is 41.3. The highest BCUT2D eigenvalue weighted by Gasteiger charge is 2.56. The molecule has 0 amide bonds. The molecular formula is C85H88O11Si3. The highest BCUT2D eigenvalue weighted by molar-refractivity contribution is 7.01. The van der Waals surface area contributed by atoms with Crippen molar-refractivity contribution in [2.45, 2.75) is 135 Å². The third-order valence-corrected chi connectivity index (χ3v) is 33.7. The molecule has 11 aromatic rings. The summed E-state index contributed by atoms with van der Waals surface area (Å²) in [6.45, 7) is 23.5. The van der Waals surface area contributed by atoms with E-state index >= 15 is 4.79 Å². The summed E-state index contributed by atoms with van der Waals surface area (Å²) in [4.78, 5) is 30.8. The van der Waals surface area contributed by atoms with Crippen molar-refractivity contribution in [1.82, 2.24) is 0 Å². The fourth-order valence-electron chi connectivity index (χ4n) is 14.3. The highest BCUT2D eigenvalue weighted by Crippen LogP contribution is 2.46. The Kier molecular flexibility index (Phi) is 20.5. The van der Waals surface area contributed by atoms with Crippen molar-refractivity contribution in [2.24, 2.45) is 0 Å². The highest BCUT2D eigenvalue weighted by atomic mass is 28.4. The maximum Gasteiger partial charge on any atom is 0.319 e. The van der Waals surface area contributed by atoms with Crippen LogP contribution < -0.4 is 54.6 Å². The molecule has 11 nitrogen and oxygen atoms in total. The number of benzene rings is 10. The van der Waals surface area contributed by atoms with Crippen LogP contribution in [-0.2, 0) is 37.0 Å². The molecule has 5 atom stereocenters. The minimum atomic E-state index is -3.62. The van der Waals surface area contributed by atoms with E-state index in [0.717, 1.165) is 42.2 Å². The summed E-state index contributed by atoms with van der Waals surface area (Å²) in [6.07, 6.45) is -5.32. The zero-order chi connectivity index (χ0) is 69.6. The minimum absolute atomic E-state index is 0.0607. The van der Waals surface area contributed by atoms with Gasteiger partial charge in [0.1, 0.15) is 40.4 Å². The van der Waals surface area contributed by atoms with Gasteiger partial charge in [-0.1, -0.05) is 305 Å². The van der Waals surface area contributed by atoms with E-state index in [9.17, 15) is 4.79 Å². The number of esters is 1. The molecule has 1 aliphatic rings. The van der Waals surface area contributed by atoms with E-state index in [-0.39, 0.29) is 46.5 Å². The third kappa shape index (κ3) is 14.2. The number of hydrogen-bond acceptors (Lipinski definition) is 11. The topological polar surface area (TPSA) is 121 Å². The van der Waals surface area contributed by atoms with E-state index in [4.69, 9.17) is 41.4 Å². The molecule has 0 spiro atoms. The van der Waals surface area contributed by atoms with Crippen molar-refractivity contribution in [1.29, 1.82) is 0 Å². The molecule has 506 valence electrons. The first-order chi connectivity index (χ1) is 47.6. The summed E-state index contributed by atoms with van der Waals surface area (Å²) in [6, 6.07) is 93.4. The van der Waals surface area contributed by atoms with Gasteiger partial charge in [-0.2, -0.15) is 0 Å². The molecule has 10 aromatic carbocycles. The van der Waals surface area contributed by atoms with Gasteiger partial charge in [0.05, 0.1) is 19.3 Å². The molecule has 1 aliphatic heterocycles. The van der Waals surface area contributed by atoms with Gasteiger partial charge < -0.3 is 41.4 Å². The normalized spacial score (nSPS) is 16.9. The molecule has 1 aromatic heterocycles. The van der Waals surface area contributed by atoms with Crippen molar-refractivity contribution in [3.8, 4) is 34.3 Å². The molecule has 1 saturated heterocycles. The predicted molar refractivity (Wildman–Crippen MR) is 403 cm³/mol. The predicted octanol–water partition coefficient (Wildman–Crippen LogP) is 15.5. The van der Waals surface area contributed by atoms with Gasteiger partial charge in [-0.15, -0.1) is 0 Å². The van der Waals surface area contributed by atoms with Crippen LogP contribution in [0, 0.1) is 0 Å². The van der Waals surface area contributed by atoms with Crippen LogP contribution >= 0.6 is 0 Å². The summed E-state index contributed by atoms with van der Waals surface area (Å²) in [5.74, 6) is 0.475. The molecule has 14 heteroatoms. The van der Waals surface area contributed by atoms with Gasteiger partial charge in [0.2, 0.25) is 17.5 Å². The molecule has 5 unspecified atom stereocenters. The molecule has 1 fully saturated rings. The van der Waals surface area contributed by atoms with E-state index in [1.165, 1.54) is 6.92 Å². The van der Waals surface area contributed by atoms with Crippen LogP contribution in [0.4, 0.5) is 0 Å². The minimum Gasteiger partial charge on any atom is -0.534 e. The number of carbonyl (C=O) groups is 1. The van der Waals surface area contributed by atoms with E-state index < -0.39 is 77.1 Å². The average molecular weight is 1370 g/mol. The molecule has 0 radical (unpaired) electrons. The van der Waals surface area contributed by atoms with Gasteiger partial charge >= 0.3 is 30.9 Å². The second-order valence-electron chi connectivity index (χ2n) is 28.6. The van der Waals surface area contributed by atoms with Gasteiger partial charge in [-0.05, 0) is 88.6 Å². The van der Waals surface area contributed by atoms with Crippen molar-refractivity contribution < 1.29 is 46.2 Å². The fourth-order valence-corrected chi connectivity index (χ4v) is 27.5. The number of ether oxygens (including phenoxy) is 5. The van der Waals surface area contributed by atoms with E-state index in [2.05, 4.69) is 184 Å². The molecule has 0 aliphatic carbocycles. The standard InChI is InChI=1S/C85H88O11Si3/c1-60-77(88-58-62-36-20-12-21-37-62)80(89-59-63-38-22-13-23-39-63)81(91-61(2)86)82(90-60)93-79-76(87)75-73(92-78(79)64-52-54-65(55-53-64)94-97(83(3,4)5,67-40-24-14-25-41-67)68-42-26-15-27-43-68)56-66(95-98(84(6,7)8,69-44-28-16-29-45-69)70-46-30-17-31-47-70)57-74(75)96-99(85(9,10)11,71-48-32-18-33-49-71)72-50-34-19-35-51-72/h12-57,60,77,80-82H,58-59H2,1-11H3. The Hall–Kier alpha value is -9.39. The maximum absolute atomic E-state index is 17.1. The smallest absolute Gasteiger partial charge is 0.319 e. The van der Waals surface area contributed by atoms with Crippen LogP contribution in [0.25, 0.3) is 22.3 Å². The first kappa shape index (κ1) is 69.5. The van der Waals surface area contributed by atoms with Crippen LogP contribution in [0.3, 0.4) is 0 Å². The van der Waals surface area contributed by atoms with E-state index in [1.807, 2.05) is 165 Å². The van der Waals surface area contributed by atoms with Gasteiger partial charge in [-0.25, -0.2) is 0 Å². The summed E-state index contributed by atoms with van der Waals surface area (Å²) in [7, 11) is -10.2. The Balaban J connectivity index is 1.11. The average Bonchev–Trinajstić information content (AvgIpc) is 0.736. The lowest BCUT2D eigenvalue weighted by Gasteiger charge is -2.44. The van der Waals surface area contributed by atoms with Crippen LogP contribution in [0.5, 0.6) is 23.0 Å². The third-order valence-electron chi connectivity index (χ3n) is 18.9. The first-order valence-corrected chi connectivity index (χ1v) is 39.8. The van der Waals surface area contributed by atoms with Gasteiger partial charge in [0.15, 0.2) is 11.9 Å². The largest absolute Gasteiger partial charge is 0.534 e. The van der Waals surface area contributed by atoms with Gasteiger partial charge in [0.25, 0.3) is 0 Å². The molecule has 0 saturated carbocycles. The van der Waals surface area contributed by atoms with Crippen LogP contribution in [0.15, 0.2) is 288 Å². The van der Waals surface area contributed by atoms with Crippen LogP contribution in [-0.4, -0.2) is 61.6 Å². The Bertz CT molecular complexity index is 4410. The lowest BCUT2D eigenvalue weighted by atomic mass is 9.98. The Morgan fingerprint density at radius 1 is 0.424 bits per heavy atom. The Labute approximate surface area is 585 Å². The fraction of sp³-hybridized carbons (Fsp3) is 0.247.